The number of amides is 1. The highest BCUT2D eigenvalue weighted by Gasteiger charge is 2.53. The summed E-state index contributed by atoms with van der Waals surface area (Å²) in [6.45, 7) is 4.51. The Kier molecular flexibility index (Phi) is 2.92. The molecule has 4 aliphatic carbocycles. The minimum Gasteiger partial charge on any atom is -0.350 e. The summed E-state index contributed by atoms with van der Waals surface area (Å²) in [7, 11) is 0. The number of hydrogen-bond acceptors (Lipinski definition) is 2. The number of carbonyl (C=O) groups excluding carboxylic acids is 1. The quantitative estimate of drug-likeness (QED) is 0.804. The molecule has 0 heterocycles. The second-order valence-electron chi connectivity index (χ2n) is 7.43. The van der Waals surface area contributed by atoms with E-state index in [0.717, 1.165) is 23.7 Å². The SMILES string of the molecule is CC(C)(NC(=O)CN)C1C2CC3CC(C2)CC1C3. The molecule has 4 saturated carbocycles. The zero-order valence-corrected chi connectivity index (χ0v) is 11.6. The monoisotopic (exact) mass is 250 g/mol. The first kappa shape index (κ1) is 12.5. The highest BCUT2D eigenvalue weighted by molar-refractivity contribution is 5.78. The normalized spacial score (nSPS) is 42.1. The van der Waals surface area contributed by atoms with Gasteiger partial charge in [0.1, 0.15) is 0 Å². The van der Waals surface area contributed by atoms with Gasteiger partial charge in [0.05, 0.1) is 6.54 Å². The summed E-state index contributed by atoms with van der Waals surface area (Å²) in [4.78, 5) is 11.6. The van der Waals surface area contributed by atoms with E-state index in [0.29, 0.717) is 5.92 Å². The molecule has 0 spiro atoms. The van der Waals surface area contributed by atoms with Gasteiger partial charge < -0.3 is 11.1 Å². The summed E-state index contributed by atoms with van der Waals surface area (Å²) in [6, 6.07) is 0. The van der Waals surface area contributed by atoms with Crippen LogP contribution in [0.1, 0.15) is 46.0 Å². The first-order valence-electron chi connectivity index (χ1n) is 7.50. The van der Waals surface area contributed by atoms with Gasteiger partial charge in [0.2, 0.25) is 5.91 Å². The van der Waals surface area contributed by atoms with Crippen molar-refractivity contribution in [1.29, 1.82) is 0 Å². The Morgan fingerprint density at radius 2 is 1.61 bits per heavy atom. The molecule has 0 aromatic heterocycles. The predicted molar refractivity (Wildman–Crippen MR) is 71.8 cm³/mol. The molecule has 0 saturated heterocycles. The third-order valence-corrected chi connectivity index (χ3v) is 5.71. The molecular weight excluding hydrogens is 224 g/mol. The van der Waals surface area contributed by atoms with E-state index in [1.54, 1.807) is 0 Å². The number of nitrogens with two attached hydrogens (primary N) is 1. The Balaban J connectivity index is 1.77. The maximum absolute atomic E-state index is 11.6. The summed E-state index contributed by atoms with van der Waals surface area (Å²) < 4.78 is 0. The van der Waals surface area contributed by atoms with Gasteiger partial charge in [-0.15, -0.1) is 0 Å². The van der Waals surface area contributed by atoms with E-state index in [1.807, 2.05) is 0 Å². The van der Waals surface area contributed by atoms with Crippen LogP contribution < -0.4 is 11.1 Å². The smallest absolute Gasteiger partial charge is 0.234 e. The van der Waals surface area contributed by atoms with Crippen molar-refractivity contribution < 1.29 is 4.79 Å². The van der Waals surface area contributed by atoms with Gasteiger partial charge in [-0.05, 0) is 75.5 Å². The molecule has 3 N–H and O–H groups in total. The number of nitrogens with one attached hydrogen (secondary N) is 1. The molecule has 0 aromatic carbocycles. The Labute approximate surface area is 110 Å². The van der Waals surface area contributed by atoms with Crippen LogP contribution in [0.4, 0.5) is 0 Å². The van der Waals surface area contributed by atoms with E-state index in [4.69, 9.17) is 5.73 Å². The molecule has 0 aromatic rings. The highest BCUT2D eigenvalue weighted by atomic mass is 16.2. The van der Waals surface area contributed by atoms with Crippen LogP contribution in [0.15, 0.2) is 0 Å². The van der Waals surface area contributed by atoms with E-state index < -0.39 is 0 Å². The fraction of sp³-hybridized carbons (Fsp3) is 0.933. The molecule has 3 heteroatoms. The van der Waals surface area contributed by atoms with Gasteiger partial charge in [-0.2, -0.15) is 0 Å². The first-order valence-corrected chi connectivity index (χ1v) is 7.50. The number of carbonyl (C=O) groups is 1. The van der Waals surface area contributed by atoms with Gasteiger partial charge in [-0.25, -0.2) is 0 Å². The molecule has 102 valence electrons. The molecule has 4 rings (SSSR count). The Morgan fingerprint density at radius 3 is 2.06 bits per heavy atom. The van der Waals surface area contributed by atoms with E-state index in [2.05, 4.69) is 19.2 Å². The Morgan fingerprint density at radius 1 is 1.11 bits per heavy atom. The lowest BCUT2D eigenvalue weighted by Gasteiger charge is -2.58. The lowest BCUT2D eigenvalue weighted by atomic mass is 9.48. The van der Waals surface area contributed by atoms with Crippen molar-refractivity contribution in [2.45, 2.75) is 51.5 Å². The van der Waals surface area contributed by atoms with Crippen LogP contribution in [0.3, 0.4) is 0 Å². The average Bonchev–Trinajstić information content (AvgIpc) is 2.26. The third-order valence-electron chi connectivity index (χ3n) is 5.71. The number of hydrogen-bond donors (Lipinski definition) is 2. The first-order chi connectivity index (χ1) is 8.49. The van der Waals surface area contributed by atoms with E-state index in [-0.39, 0.29) is 18.0 Å². The summed E-state index contributed by atoms with van der Waals surface area (Å²) in [6.07, 6.45) is 7.09. The number of rotatable bonds is 3. The molecule has 18 heavy (non-hydrogen) atoms. The predicted octanol–water partition coefficient (Wildman–Crippen LogP) is 1.91. The summed E-state index contributed by atoms with van der Waals surface area (Å²) in [5.74, 6) is 4.33. The maximum Gasteiger partial charge on any atom is 0.234 e. The van der Waals surface area contributed by atoms with Crippen molar-refractivity contribution in [2.24, 2.45) is 35.3 Å². The Bertz CT molecular complexity index is 322. The zero-order valence-electron chi connectivity index (χ0n) is 11.6. The minimum atomic E-state index is -0.0843. The minimum absolute atomic E-state index is 0.00573. The second-order valence-corrected chi connectivity index (χ2v) is 7.43. The van der Waals surface area contributed by atoms with Crippen LogP contribution in [0.25, 0.3) is 0 Å². The molecule has 0 aliphatic heterocycles. The second kappa shape index (κ2) is 4.22. The van der Waals surface area contributed by atoms with Crippen LogP contribution >= 0.6 is 0 Å². The topological polar surface area (TPSA) is 55.1 Å². The van der Waals surface area contributed by atoms with Crippen LogP contribution in [-0.4, -0.2) is 18.0 Å². The average molecular weight is 250 g/mol. The lowest BCUT2D eigenvalue weighted by molar-refractivity contribution is -0.125. The fourth-order valence-electron chi connectivity index (χ4n) is 5.60. The molecule has 4 fully saturated rings. The van der Waals surface area contributed by atoms with E-state index in [9.17, 15) is 4.79 Å². The van der Waals surface area contributed by atoms with Crippen molar-refractivity contribution in [2.75, 3.05) is 6.54 Å². The van der Waals surface area contributed by atoms with Crippen molar-refractivity contribution in [3.8, 4) is 0 Å². The van der Waals surface area contributed by atoms with Gasteiger partial charge in [-0.3, -0.25) is 4.79 Å². The van der Waals surface area contributed by atoms with Gasteiger partial charge in [0, 0.05) is 5.54 Å². The van der Waals surface area contributed by atoms with Gasteiger partial charge in [0.25, 0.3) is 0 Å². The van der Waals surface area contributed by atoms with Gasteiger partial charge >= 0.3 is 0 Å². The van der Waals surface area contributed by atoms with Gasteiger partial charge in [0.15, 0.2) is 0 Å². The molecule has 0 unspecified atom stereocenters. The third kappa shape index (κ3) is 1.97. The molecule has 0 radical (unpaired) electrons. The maximum atomic E-state index is 11.6. The summed E-state index contributed by atoms with van der Waals surface area (Å²) in [5.41, 5.74) is 5.36. The van der Waals surface area contributed by atoms with E-state index in [1.165, 1.54) is 32.1 Å². The van der Waals surface area contributed by atoms with Crippen molar-refractivity contribution >= 4 is 5.91 Å². The largest absolute Gasteiger partial charge is 0.350 e. The van der Waals surface area contributed by atoms with Crippen LogP contribution in [0, 0.1) is 29.6 Å². The fourth-order valence-corrected chi connectivity index (χ4v) is 5.60. The standard InChI is InChI=1S/C15H26N2O/c1-15(2,17-13(18)8-16)14-11-4-9-3-10(6-11)7-12(14)5-9/h9-12,14H,3-8,16H2,1-2H3,(H,17,18). The molecular formula is C15H26N2O. The molecule has 1 amide bonds. The summed E-state index contributed by atoms with van der Waals surface area (Å²) >= 11 is 0. The molecule has 0 atom stereocenters. The zero-order chi connectivity index (χ0) is 12.9. The van der Waals surface area contributed by atoms with Crippen LogP contribution in [-0.2, 0) is 4.79 Å². The molecule has 4 aliphatic rings. The van der Waals surface area contributed by atoms with Crippen molar-refractivity contribution in [3.05, 3.63) is 0 Å². The molecule has 4 bridgehead atoms. The highest BCUT2D eigenvalue weighted by Crippen LogP contribution is 2.58. The Hall–Kier alpha value is -0.570. The summed E-state index contributed by atoms with van der Waals surface area (Å²) in [5, 5.41) is 3.17. The van der Waals surface area contributed by atoms with Crippen LogP contribution in [0.2, 0.25) is 0 Å². The molecule has 3 nitrogen and oxygen atoms in total. The van der Waals surface area contributed by atoms with Crippen molar-refractivity contribution in [3.63, 3.8) is 0 Å². The lowest BCUT2D eigenvalue weighted by Crippen LogP contribution is -2.60. The van der Waals surface area contributed by atoms with E-state index >= 15 is 0 Å². The van der Waals surface area contributed by atoms with Crippen molar-refractivity contribution in [1.82, 2.24) is 5.32 Å². The van der Waals surface area contributed by atoms with Crippen LogP contribution in [0.5, 0.6) is 0 Å². The van der Waals surface area contributed by atoms with Gasteiger partial charge in [-0.1, -0.05) is 0 Å².